The van der Waals surface area contributed by atoms with Gasteiger partial charge in [-0.15, -0.1) is 0 Å². The Morgan fingerprint density at radius 2 is 1.88 bits per heavy atom. The van der Waals surface area contributed by atoms with Gasteiger partial charge in [0, 0.05) is 44.2 Å². The molecule has 1 atom stereocenters. The van der Waals surface area contributed by atoms with Crippen LogP contribution < -0.4 is 15.0 Å². The molecule has 0 saturated carbocycles. The number of anilines is 1. The summed E-state index contributed by atoms with van der Waals surface area (Å²) >= 11 is 0. The highest BCUT2D eigenvalue weighted by Crippen LogP contribution is 2.26. The van der Waals surface area contributed by atoms with Crippen LogP contribution in [0.3, 0.4) is 0 Å². The molecule has 2 saturated heterocycles. The number of nitrogens with zero attached hydrogens (tertiary/aromatic N) is 4. The zero-order valence-corrected chi connectivity index (χ0v) is 20.3. The molecule has 2 aromatic rings. The average Bonchev–Trinajstić information content (AvgIpc) is 3.46. The van der Waals surface area contributed by atoms with Crippen LogP contribution in [0.1, 0.15) is 40.0 Å². The van der Waals surface area contributed by atoms with Crippen LogP contribution in [0.5, 0.6) is 5.75 Å². The fourth-order valence-corrected chi connectivity index (χ4v) is 4.82. The van der Waals surface area contributed by atoms with E-state index in [1.165, 1.54) is 6.42 Å². The number of aromatic nitrogens is 2. The molecule has 1 unspecified atom stereocenters. The minimum absolute atomic E-state index is 0.0531. The highest BCUT2D eigenvalue weighted by atomic mass is 16.5. The summed E-state index contributed by atoms with van der Waals surface area (Å²) in [6.45, 7) is 12.5. The van der Waals surface area contributed by atoms with E-state index in [0.29, 0.717) is 23.2 Å². The fraction of sp³-hybridized carbons (Fsp3) is 0.640. The summed E-state index contributed by atoms with van der Waals surface area (Å²) in [4.78, 5) is 21.9. The number of carbonyl (C=O) groups is 1. The third kappa shape index (κ3) is 6.25. The number of benzene rings is 1. The number of hydrogen-bond donors (Lipinski definition) is 1. The fourth-order valence-electron chi connectivity index (χ4n) is 4.82. The lowest BCUT2D eigenvalue weighted by Gasteiger charge is -2.30. The summed E-state index contributed by atoms with van der Waals surface area (Å²) in [6, 6.07) is 8.10. The number of likely N-dealkylation sites (tertiary alicyclic amines) is 1. The third-order valence-electron chi connectivity index (χ3n) is 6.53. The van der Waals surface area contributed by atoms with Crippen molar-refractivity contribution in [2.45, 2.75) is 40.0 Å². The van der Waals surface area contributed by atoms with Gasteiger partial charge in [-0.1, -0.05) is 25.9 Å². The molecular weight excluding hydrogens is 418 g/mol. The second-order valence-corrected chi connectivity index (χ2v) is 10.6. The lowest BCUT2D eigenvalue weighted by Crippen LogP contribution is -2.42. The van der Waals surface area contributed by atoms with Gasteiger partial charge in [0.2, 0.25) is 11.7 Å². The molecule has 1 aromatic heterocycles. The molecule has 3 heterocycles. The predicted octanol–water partition coefficient (Wildman–Crippen LogP) is 3.45. The van der Waals surface area contributed by atoms with Crippen LogP contribution in [-0.2, 0) is 4.79 Å². The maximum atomic E-state index is 12.7. The molecule has 1 N–H and O–H groups in total. The van der Waals surface area contributed by atoms with E-state index in [9.17, 15) is 4.79 Å². The molecule has 33 heavy (non-hydrogen) atoms. The first-order chi connectivity index (χ1) is 15.8. The van der Waals surface area contributed by atoms with E-state index in [0.717, 1.165) is 63.4 Å². The van der Waals surface area contributed by atoms with E-state index in [1.54, 1.807) is 7.11 Å². The average molecular weight is 456 g/mol. The minimum atomic E-state index is 0.0531. The Bertz CT molecular complexity index is 913. The SMILES string of the molecule is COc1ccc(-c2noc(N3CCC(C(=O)NCC4CCN(CC(C)(C)C)C4)CC3)n2)cc1. The standard InChI is InChI=1S/C25H37N5O3/c1-25(2,3)17-29-12-9-18(16-29)15-26-23(31)20-10-13-30(14-11-20)24-27-22(28-33-24)19-5-7-21(32-4)8-6-19/h5-8,18,20H,9-17H2,1-4H3,(H,26,31). The molecule has 8 heteroatoms. The Labute approximate surface area is 196 Å². The minimum Gasteiger partial charge on any atom is -0.497 e. The van der Waals surface area contributed by atoms with Gasteiger partial charge >= 0.3 is 6.01 Å². The van der Waals surface area contributed by atoms with Crippen molar-refractivity contribution in [2.24, 2.45) is 17.3 Å². The lowest BCUT2D eigenvalue weighted by atomic mass is 9.95. The molecule has 0 aliphatic carbocycles. The second-order valence-electron chi connectivity index (χ2n) is 10.6. The molecule has 180 valence electrons. The Balaban J connectivity index is 1.21. The van der Waals surface area contributed by atoms with Gasteiger partial charge < -0.3 is 24.4 Å². The van der Waals surface area contributed by atoms with Crippen molar-refractivity contribution in [2.75, 3.05) is 51.3 Å². The quantitative estimate of drug-likeness (QED) is 0.685. The molecule has 2 aliphatic heterocycles. The maximum absolute atomic E-state index is 12.7. The van der Waals surface area contributed by atoms with Crippen molar-refractivity contribution in [1.29, 1.82) is 0 Å². The molecule has 1 amide bonds. The molecule has 4 rings (SSSR count). The Kier molecular flexibility index (Phi) is 7.22. The highest BCUT2D eigenvalue weighted by molar-refractivity contribution is 5.79. The van der Waals surface area contributed by atoms with Crippen LogP contribution in [-0.4, -0.2) is 67.3 Å². The Morgan fingerprint density at radius 3 is 2.55 bits per heavy atom. The van der Waals surface area contributed by atoms with Crippen molar-refractivity contribution in [3.8, 4) is 17.1 Å². The predicted molar refractivity (Wildman–Crippen MR) is 128 cm³/mol. The Hall–Kier alpha value is -2.61. The van der Waals surface area contributed by atoms with Gasteiger partial charge in [-0.05, 0) is 61.4 Å². The van der Waals surface area contributed by atoms with Gasteiger partial charge in [0.15, 0.2) is 0 Å². The van der Waals surface area contributed by atoms with Gasteiger partial charge in [-0.25, -0.2) is 0 Å². The van der Waals surface area contributed by atoms with Gasteiger partial charge in [-0.2, -0.15) is 4.98 Å². The van der Waals surface area contributed by atoms with E-state index in [1.807, 2.05) is 24.3 Å². The monoisotopic (exact) mass is 455 g/mol. The van der Waals surface area contributed by atoms with Crippen LogP contribution in [0.15, 0.2) is 28.8 Å². The van der Waals surface area contributed by atoms with E-state index in [4.69, 9.17) is 9.26 Å². The van der Waals surface area contributed by atoms with E-state index >= 15 is 0 Å². The van der Waals surface area contributed by atoms with Crippen molar-refractivity contribution in [1.82, 2.24) is 20.4 Å². The highest BCUT2D eigenvalue weighted by Gasteiger charge is 2.30. The number of methoxy groups -OCH3 is 1. The molecular formula is C25H37N5O3. The van der Waals surface area contributed by atoms with E-state index in [2.05, 4.69) is 46.0 Å². The summed E-state index contributed by atoms with van der Waals surface area (Å²) in [6.07, 6.45) is 2.77. The summed E-state index contributed by atoms with van der Waals surface area (Å²) in [5.74, 6) is 2.15. The summed E-state index contributed by atoms with van der Waals surface area (Å²) in [5, 5.41) is 7.34. The van der Waals surface area contributed by atoms with E-state index < -0.39 is 0 Å². The topological polar surface area (TPSA) is 83.7 Å². The normalized spacial score (nSPS) is 20.2. The number of hydrogen-bond acceptors (Lipinski definition) is 7. The molecule has 1 aromatic carbocycles. The van der Waals surface area contributed by atoms with Crippen LogP contribution in [0.4, 0.5) is 6.01 Å². The first-order valence-corrected chi connectivity index (χ1v) is 12.0. The molecule has 0 radical (unpaired) electrons. The number of rotatable bonds is 7. The first-order valence-electron chi connectivity index (χ1n) is 12.0. The van der Waals surface area contributed by atoms with Gasteiger partial charge in [0.1, 0.15) is 5.75 Å². The van der Waals surface area contributed by atoms with Crippen LogP contribution in [0, 0.1) is 17.3 Å². The number of piperidine rings is 1. The van der Waals surface area contributed by atoms with Crippen LogP contribution >= 0.6 is 0 Å². The molecule has 2 aliphatic rings. The number of ether oxygens (including phenoxy) is 1. The number of nitrogens with one attached hydrogen (secondary N) is 1. The second kappa shape index (κ2) is 10.1. The largest absolute Gasteiger partial charge is 0.497 e. The van der Waals surface area contributed by atoms with Crippen molar-refractivity contribution >= 4 is 11.9 Å². The molecule has 0 bridgehead atoms. The molecule has 0 spiro atoms. The zero-order chi connectivity index (χ0) is 23.4. The van der Waals surface area contributed by atoms with Gasteiger partial charge in [-0.3, -0.25) is 4.79 Å². The first kappa shape index (κ1) is 23.5. The summed E-state index contributed by atoms with van der Waals surface area (Å²) in [5.41, 5.74) is 1.20. The van der Waals surface area contributed by atoms with E-state index in [-0.39, 0.29) is 11.8 Å². The van der Waals surface area contributed by atoms with Gasteiger partial charge in [0.05, 0.1) is 7.11 Å². The van der Waals surface area contributed by atoms with Crippen LogP contribution in [0.2, 0.25) is 0 Å². The zero-order valence-electron chi connectivity index (χ0n) is 20.3. The third-order valence-corrected chi connectivity index (χ3v) is 6.53. The lowest BCUT2D eigenvalue weighted by molar-refractivity contribution is -0.125. The number of carbonyl (C=O) groups excluding carboxylic acids is 1. The molecule has 8 nitrogen and oxygen atoms in total. The Morgan fingerprint density at radius 1 is 1.15 bits per heavy atom. The summed E-state index contributed by atoms with van der Waals surface area (Å²) < 4.78 is 10.7. The van der Waals surface area contributed by atoms with Crippen molar-refractivity contribution < 1.29 is 14.1 Å². The molecule has 2 fully saturated rings. The van der Waals surface area contributed by atoms with Crippen LogP contribution in [0.25, 0.3) is 11.4 Å². The van der Waals surface area contributed by atoms with Gasteiger partial charge in [0.25, 0.3) is 0 Å². The maximum Gasteiger partial charge on any atom is 0.324 e. The summed E-state index contributed by atoms with van der Waals surface area (Å²) in [7, 11) is 1.64. The van der Waals surface area contributed by atoms with Crippen molar-refractivity contribution in [3.63, 3.8) is 0 Å². The smallest absolute Gasteiger partial charge is 0.324 e. The van der Waals surface area contributed by atoms with Crippen molar-refractivity contribution in [3.05, 3.63) is 24.3 Å². The number of amides is 1.